The summed E-state index contributed by atoms with van der Waals surface area (Å²) in [6.07, 6.45) is 1.97. The molecule has 1 atom stereocenters. The third kappa shape index (κ3) is 3.45. The van der Waals surface area contributed by atoms with Crippen LogP contribution in [-0.2, 0) is 6.42 Å². The van der Waals surface area contributed by atoms with E-state index in [4.69, 9.17) is 16.6 Å². The van der Waals surface area contributed by atoms with E-state index in [2.05, 4.69) is 51.7 Å². The lowest BCUT2D eigenvalue weighted by atomic mass is 10.1. The van der Waals surface area contributed by atoms with Gasteiger partial charge in [-0.2, -0.15) is 0 Å². The summed E-state index contributed by atoms with van der Waals surface area (Å²) in [5.74, 6) is 0.839. The third-order valence-corrected chi connectivity index (χ3v) is 4.87. The van der Waals surface area contributed by atoms with Gasteiger partial charge in [0.05, 0.1) is 16.2 Å². The molecule has 2 rings (SSSR count). The molecule has 0 saturated carbocycles. The molecule has 1 fully saturated rings. The summed E-state index contributed by atoms with van der Waals surface area (Å²) >= 11 is 9.71. The molecule has 106 valence electrons. The Kier molecular flexibility index (Phi) is 5.17. The maximum absolute atomic E-state index is 6.23. The molecule has 1 aliphatic rings. The van der Waals surface area contributed by atoms with Crippen LogP contribution in [0.2, 0.25) is 5.15 Å². The van der Waals surface area contributed by atoms with Crippen LogP contribution in [0.25, 0.3) is 0 Å². The molecule has 4 nitrogen and oxygen atoms in total. The number of rotatable bonds is 3. The van der Waals surface area contributed by atoms with Crippen molar-refractivity contribution in [2.75, 3.05) is 33.7 Å². The van der Waals surface area contributed by atoms with Gasteiger partial charge in [0.2, 0.25) is 0 Å². The number of piperazine rings is 1. The topological polar surface area (TPSA) is 32.3 Å². The standard InChI is InChI=1S/C13H20BrClN4/c1-4-5-9-11(14)12(15)17-13(16-9)10-8-18(2)6-7-19(10)3/h10H,4-8H2,1-3H3. The van der Waals surface area contributed by atoms with Crippen molar-refractivity contribution in [1.29, 1.82) is 0 Å². The van der Waals surface area contributed by atoms with Gasteiger partial charge < -0.3 is 4.90 Å². The van der Waals surface area contributed by atoms with Crippen LogP contribution in [0.3, 0.4) is 0 Å². The largest absolute Gasteiger partial charge is 0.303 e. The molecule has 0 aliphatic carbocycles. The van der Waals surface area contributed by atoms with E-state index < -0.39 is 0 Å². The lowest BCUT2D eigenvalue weighted by Crippen LogP contribution is -2.45. The van der Waals surface area contributed by atoms with E-state index in [1.165, 1.54) is 0 Å². The van der Waals surface area contributed by atoms with Crippen LogP contribution in [0, 0.1) is 0 Å². The smallest absolute Gasteiger partial charge is 0.148 e. The summed E-state index contributed by atoms with van der Waals surface area (Å²) in [6.45, 7) is 5.20. The van der Waals surface area contributed by atoms with Crippen molar-refractivity contribution < 1.29 is 0 Å². The second kappa shape index (κ2) is 6.48. The molecule has 1 saturated heterocycles. The van der Waals surface area contributed by atoms with Crippen molar-refractivity contribution in [2.45, 2.75) is 25.8 Å². The Hall–Kier alpha value is -0.230. The number of likely N-dealkylation sites (N-methyl/N-ethyl adjacent to an activating group) is 2. The van der Waals surface area contributed by atoms with E-state index in [9.17, 15) is 0 Å². The number of hydrogen-bond acceptors (Lipinski definition) is 4. The van der Waals surface area contributed by atoms with Crippen LogP contribution < -0.4 is 0 Å². The Morgan fingerprint density at radius 2 is 2.05 bits per heavy atom. The number of halogens is 2. The first-order chi connectivity index (χ1) is 9.02. The van der Waals surface area contributed by atoms with Gasteiger partial charge >= 0.3 is 0 Å². The van der Waals surface area contributed by atoms with Crippen LogP contribution in [-0.4, -0.2) is 53.5 Å². The van der Waals surface area contributed by atoms with Crippen molar-refractivity contribution >= 4 is 27.5 Å². The second-order valence-electron chi connectivity index (χ2n) is 5.14. The lowest BCUT2D eigenvalue weighted by molar-refractivity contribution is 0.109. The van der Waals surface area contributed by atoms with E-state index >= 15 is 0 Å². The molecular weight excluding hydrogens is 328 g/mol. The van der Waals surface area contributed by atoms with Crippen LogP contribution in [0.5, 0.6) is 0 Å². The molecule has 1 aliphatic heterocycles. The zero-order valence-electron chi connectivity index (χ0n) is 11.7. The van der Waals surface area contributed by atoms with Crippen molar-refractivity contribution in [3.8, 4) is 0 Å². The fourth-order valence-electron chi connectivity index (χ4n) is 2.32. The van der Waals surface area contributed by atoms with E-state index in [-0.39, 0.29) is 6.04 Å². The van der Waals surface area contributed by atoms with Crippen molar-refractivity contribution in [3.63, 3.8) is 0 Å². The zero-order valence-corrected chi connectivity index (χ0v) is 14.0. The van der Waals surface area contributed by atoms with Gasteiger partial charge in [-0.1, -0.05) is 24.9 Å². The van der Waals surface area contributed by atoms with E-state index in [1.54, 1.807) is 0 Å². The van der Waals surface area contributed by atoms with Gasteiger partial charge in [-0.05, 0) is 36.4 Å². The molecule has 1 unspecified atom stereocenters. The first kappa shape index (κ1) is 15.2. The Labute approximate surface area is 128 Å². The maximum Gasteiger partial charge on any atom is 0.148 e. The summed E-state index contributed by atoms with van der Waals surface area (Å²) < 4.78 is 0.839. The van der Waals surface area contributed by atoms with Crippen LogP contribution in [0.4, 0.5) is 0 Å². The quantitative estimate of drug-likeness (QED) is 0.787. The maximum atomic E-state index is 6.23. The molecule has 0 aromatic carbocycles. The average molecular weight is 348 g/mol. The fraction of sp³-hybridized carbons (Fsp3) is 0.692. The Morgan fingerprint density at radius 1 is 1.32 bits per heavy atom. The van der Waals surface area contributed by atoms with E-state index in [0.29, 0.717) is 5.15 Å². The van der Waals surface area contributed by atoms with Crippen molar-refractivity contribution in [1.82, 2.24) is 19.8 Å². The molecule has 0 N–H and O–H groups in total. The highest BCUT2D eigenvalue weighted by Gasteiger charge is 2.27. The predicted molar refractivity (Wildman–Crippen MR) is 81.6 cm³/mol. The van der Waals surface area contributed by atoms with Crippen LogP contribution in [0.15, 0.2) is 4.47 Å². The highest BCUT2D eigenvalue weighted by Crippen LogP contribution is 2.28. The average Bonchev–Trinajstić information content (AvgIpc) is 2.38. The van der Waals surface area contributed by atoms with Gasteiger partial charge in [0.15, 0.2) is 0 Å². The molecule has 1 aromatic rings. The van der Waals surface area contributed by atoms with E-state index in [0.717, 1.165) is 48.5 Å². The van der Waals surface area contributed by atoms with Crippen LogP contribution in [0.1, 0.15) is 30.9 Å². The summed E-state index contributed by atoms with van der Waals surface area (Å²) in [4.78, 5) is 13.8. The van der Waals surface area contributed by atoms with Gasteiger partial charge in [-0.3, -0.25) is 4.90 Å². The Balaban J connectivity index is 2.33. The summed E-state index contributed by atoms with van der Waals surface area (Å²) in [6, 6.07) is 0.222. The fourth-order valence-corrected chi connectivity index (χ4v) is 2.89. The summed E-state index contributed by atoms with van der Waals surface area (Å²) in [7, 11) is 4.25. The lowest BCUT2D eigenvalue weighted by Gasteiger charge is -2.36. The third-order valence-electron chi connectivity index (χ3n) is 3.53. The molecule has 0 radical (unpaired) electrons. The van der Waals surface area contributed by atoms with Gasteiger partial charge in [0.25, 0.3) is 0 Å². The Bertz CT molecular complexity index is 455. The molecule has 0 spiro atoms. The number of aromatic nitrogens is 2. The normalized spacial score (nSPS) is 21.8. The predicted octanol–water partition coefficient (Wildman–Crippen LogP) is 2.76. The first-order valence-electron chi connectivity index (χ1n) is 6.63. The number of nitrogens with zero attached hydrogens (tertiary/aromatic N) is 4. The van der Waals surface area contributed by atoms with Crippen molar-refractivity contribution in [3.05, 3.63) is 21.1 Å². The van der Waals surface area contributed by atoms with Crippen molar-refractivity contribution in [2.24, 2.45) is 0 Å². The SMILES string of the molecule is CCCc1nc(C2CN(C)CCN2C)nc(Cl)c1Br. The molecule has 0 amide bonds. The Morgan fingerprint density at radius 3 is 2.74 bits per heavy atom. The molecule has 6 heteroatoms. The van der Waals surface area contributed by atoms with Gasteiger partial charge in [-0.25, -0.2) is 9.97 Å². The highest BCUT2D eigenvalue weighted by molar-refractivity contribution is 9.10. The zero-order chi connectivity index (χ0) is 14.0. The minimum absolute atomic E-state index is 0.222. The van der Waals surface area contributed by atoms with Gasteiger partial charge in [0, 0.05) is 19.6 Å². The summed E-state index contributed by atoms with van der Waals surface area (Å²) in [5.41, 5.74) is 1.01. The minimum Gasteiger partial charge on any atom is -0.303 e. The molecular formula is C13H20BrClN4. The van der Waals surface area contributed by atoms with Gasteiger partial charge in [-0.15, -0.1) is 0 Å². The number of hydrogen-bond donors (Lipinski definition) is 0. The number of aryl methyl sites for hydroxylation is 1. The minimum atomic E-state index is 0.222. The van der Waals surface area contributed by atoms with Gasteiger partial charge in [0.1, 0.15) is 11.0 Å². The highest BCUT2D eigenvalue weighted by atomic mass is 79.9. The molecule has 19 heavy (non-hydrogen) atoms. The molecule has 0 bridgehead atoms. The first-order valence-corrected chi connectivity index (χ1v) is 7.80. The monoisotopic (exact) mass is 346 g/mol. The van der Waals surface area contributed by atoms with Crippen LogP contribution >= 0.6 is 27.5 Å². The van der Waals surface area contributed by atoms with E-state index in [1.807, 2.05) is 0 Å². The molecule has 1 aromatic heterocycles. The molecule has 2 heterocycles. The summed E-state index contributed by atoms with van der Waals surface area (Å²) in [5, 5.41) is 0.523. The second-order valence-corrected chi connectivity index (χ2v) is 6.29.